The Bertz CT molecular complexity index is 663. The van der Waals surface area contributed by atoms with Crippen molar-refractivity contribution < 1.29 is 9.52 Å². The molecule has 0 aliphatic heterocycles. The zero-order valence-electron chi connectivity index (χ0n) is 10.2. The van der Waals surface area contributed by atoms with Crippen LogP contribution in [0.25, 0.3) is 11.0 Å². The van der Waals surface area contributed by atoms with Gasteiger partial charge in [-0.05, 0) is 26.0 Å². The number of aliphatic hydroxyl groups is 1. The highest BCUT2D eigenvalue weighted by molar-refractivity contribution is 7.09. The SMILES string of the molecule is Cc1ncsc1C(C)(O)c1cc2ccccc2o1. The van der Waals surface area contributed by atoms with Crippen molar-refractivity contribution in [1.29, 1.82) is 0 Å². The summed E-state index contributed by atoms with van der Waals surface area (Å²) in [6.07, 6.45) is 0. The van der Waals surface area contributed by atoms with Crippen molar-refractivity contribution in [3.8, 4) is 0 Å². The van der Waals surface area contributed by atoms with E-state index in [2.05, 4.69) is 4.98 Å². The van der Waals surface area contributed by atoms with Crippen molar-refractivity contribution in [2.75, 3.05) is 0 Å². The van der Waals surface area contributed by atoms with Crippen molar-refractivity contribution in [3.05, 3.63) is 52.2 Å². The number of hydrogen-bond donors (Lipinski definition) is 1. The summed E-state index contributed by atoms with van der Waals surface area (Å²) in [5, 5.41) is 11.7. The third-order valence-corrected chi connectivity index (χ3v) is 4.23. The Hall–Kier alpha value is -1.65. The number of nitrogens with zero attached hydrogens (tertiary/aromatic N) is 1. The lowest BCUT2D eigenvalue weighted by Crippen LogP contribution is -2.21. The number of fused-ring (bicyclic) bond motifs is 1. The number of benzene rings is 1. The van der Waals surface area contributed by atoms with Gasteiger partial charge in [-0.25, -0.2) is 4.98 Å². The van der Waals surface area contributed by atoms with Crippen LogP contribution in [0.1, 0.15) is 23.3 Å². The molecule has 0 fully saturated rings. The average molecular weight is 259 g/mol. The molecule has 1 aromatic carbocycles. The molecule has 3 rings (SSSR count). The van der Waals surface area contributed by atoms with Crippen LogP contribution in [0.4, 0.5) is 0 Å². The molecule has 0 aliphatic rings. The van der Waals surface area contributed by atoms with Crippen LogP contribution in [-0.4, -0.2) is 10.1 Å². The number of thiazole rings is 1. The third kappa shape index (κ3) is 1.65. The average Bonchev–Trinajstić information content (AvgIpc) is 2.94. The molecule has 0 amide bonds. The molecule has 2 heterocycles. The molecule has 0 spiro atoms. The first kappa shape index (κ1) is 11.4. The van der Waals surface area contributed by atoms with Gasteiger partial charge in [-0.2, -0.15) is 0 Å². The summed E-state index contributed by atoms with van der Waals surface area (Å²) in [5.41, 5.74) is 2.23. The standard InChI is InChI=1S/C14H13NO2S/c1-9-13(18-8-15-9)14(2,16)12-7-10-5-3-4-6-11(10)17-12/h3-8,16H,1-2H3. The molecule has 0 radical (unpaired) electrons. The lowest BCUT2D eigenvalue weighted by atomic mass is 10.00. The monoisotopic (exact) mass is 259 g/mol. The molecule has 92 valence electrons. The van der Waals surface area contributed by atoms with Crippen LogP contribution in [0, 0.1) is 6.92 Å². The fourth-order valence-electron chi connectivity index (χ4n) is 2.10. The first-order chi connectivity index (χ1) is 8.59. The minimum absolute atomic E-state index is 0.552. The molecule has 1 unspecified atom stereocenters. The summed E-state index contributed by atoms with van der Waals surface area (Å²) in [7, 11) is 0. The number of aryl methyl sites for hydroxylation is 1. The molecular weight excluding hydrogens is 246 g/mol. The minimum Gasteiger partial charge on any atom is -0.458 e. The van der Waals surface area contributed by atoms with Gasteiger partial charge in [-0.1, -0.05) is 18.2 Å². The molecule has 2 aromatic heterocycles. The van der Waals surface area contributed by atoms with Crippen molar-refractivity contribution >= 4 is 22.3 Å². The Kier molecular flexibility index (Phi) is 2.50. The van der Waals surface area contributed by atoms with Gasteiger partial charge in [0.25, 0.3) is 0 Å². The van der Waals surface area contributed by atoms with E-state index in [0.29, 0.717) is 5.76 Å². The van der Waals surface area contributed by atoms with Crippen LogP contribution in [0.3, 0.4) is 0 Å². The summed E-state index contributed by atoms with van der Waals surface area (Å²) in [6, 6.07) is 9.62. The number of hydrogen-bond acceptors (Lipinski definition) is 4. The Morgan fingerprint density at radius 2 is 2.11 bits per heavy atom. The van der Waals surface area contributed by atoms with E-state index in [4.69, 9.17) is 4.42 Å². The van der Waals surface area contributed by atoms with E-state index >= 15 is 0 Å². The smallest absolute Gasteiger partial charge is 0.155 e. The topological polar surface area (TPSA) is 46.3 Å². The first-order valence-corrected chi connectivity index (χ1v) is 6.59. The van der Waals surface area contributed by atoms with Crippen molar-refractivity contribution in [2.45, 2.75) is 19.4 Å². The second-order valence-electron chi connectivity index (χ2n) is 4.49. The largest absolute Gasteiger partial charge is 0.458 e. The summed E-state index contributed by atoms with van der Waals surface area (Å²) in [6.45, 7) is 3.63. The zero-order chi connectivity index (χ0) is 12.8. The Morgan fingerprint density at radius 3 is 2.78 bits per heavy atom. The minimum atomic E-state index is -1.13. The van der Waals surface area contributed by atoms with Gasteiger partial charge in [-0.3, -0.25) is 0 Å². The van der Waals surface area contributed by atoms with E-state index in [1.807, 2.05) is 37.3 Å². The van der Waals surface area contributed by atoms with Gasteiger partial charge in [0.05, 0.1) is 16.1 Å². The van der Waals surface area contributed by atoms with Gasteiger partial charge in [0.15, 0.2) is 5.60 Å². The molecular formula is C14H13NO2S. The number of rotatable bonds is 2. The second kappa shape index (κ2) is 3.93. The maximum atomic E-state index is 10.7. The van der Waals surface area contributed by atoms with Gasteiger partial charge >= 0.3 is 0 Å². The number of furan rings is 1. The molecule has 1 atom stereocenters. The van der Waals surface area contributed by atoms with E-state index in [1.165, 1.54) is 11.3 Å². The van der Waals surface area contributed by atoms with E-state index in [0.717, 1.165) is 21.5 Å². The predicted molar refractivity (Wildman–Crippen MR) is 71.7 cm³/mol. The van der Waals surface area contributed by atoms with Gasteiger partial charge < -0.3 is 9.52 Å². The summed E-state index contributed by atoms with van der Waals surface area (Å²) >= 11 is 1.44. The quantitative estimate of drug-likeness (QED) is 0.766. The molecule has 0 saturated carbocycles. The fraction of sp³-hybridized carbons (Fsp3) is 0.214. The lowest BCUT2D eigenvalue weighted by molar-refractivity contribution is 0.0815. The molecule has 4 heteroatoms. The van der Waals surface area contributed by atoms with Gasteiger partial charge in [0, 0.05) is 5.39 Å². The van der Waals surface area contributed by atoms with Crippen molar-refractivity contribution in [3.63, 3.8) is 0 Å². The maximum absolute atomic E-state index is 10.7. The second-order valence-corrected chi connectivity index (χ2v) is 5.34. The summed E-state index contributed by atoms with van der Waals surface area (Å²) in [4.78, 5) is 5.00. The van der Waals surface area contributed by atoms with E-state index in [-0.39, 0.29) is 0 Å². The summed E-state index contributed by atoms with van der Waals surface area (Å²) in [5.74, 6) is 0.552. The normalized spacial score (nSPS) is 14.8. The van der Waals surface area contributed by atoms with E-state index in [9.17, 15) is 5.11 Å². The van der Waals surface area contributed by atoms with Gasteiger partial charge in [-0.15, -0.1) is 11.3 Å². The third-order valence-electron chi connectivity index (χ3n) is 3.09. The Morgan fingerprint density at radius 1 is 1.33 bits per heavy atom. The number of para-hydroxylation sites is 1. The van der Waals surface area contributed by atoms with Crippen LogP contribution >= 0.6 is 11.3 Å². The van der Waals surface area contributed by atoms with Crippen LogP contribution < -0.4 is 0 Å². The zero-order valence-corrected chi connectivity index (χ0v) is 11.0. The highest BCUT2D eigenvalue weighted by Gasteiger charge is 2.33. The van der Waals surface area contributed by atoms with Crippen LogP contribution in [0.2, 0.25) is 0 Å². The lowest BCUT2D eigenvalue weighted by Gasteiger charge is -2.19. The van der Waals surface area contributed by atoms with Crippen molar-refractivity contribution in [1.82, 2.24) is 4.98 Å². The first-order valence-electron chi connectivity index (χ1n) is 5.71. The van der Waals surface area contributed by atoms with Gasteiger partial charge in [0.1, 0.15) is 11.3 Å². The highest BCUT2D eigenvalue weighted by atomic mass is 32.1. The summed E-state index contributed by atoms with van der Waals surface area (Å²) < 4.78 is 5.74. The van der Waals surface area contributed by atoms with Gasteiger partial charge in [0.2, 0.25) is 0 Å². The molecule has 3 nitrogen and oxygen atoms in total. The molecule has 0 bridgehead atoms. The Balaban J connectivity index is 2.16. The van der Waals surface area contributed by atoms with Crippen molar-refractivity contribution in [2.24, 2.45) is 0 Å². The highest BCUT2D eigenvalue weighted by Crippen LogP contribution is 2.36. The maximum Gasteiger partial charge on any atom is 0.155 e. The van der Waals surface area contributed by atoms with Crippen LogP contribution in [0.5, 0.6) is 0 Å². The number of aromatic nitrogens is 1. The molecule has 0 aliphatic carbocycles. The van der Waals surface area contributed by atoms with E-state index in [1.54, 1.807) is 12.4 Å². The molecule has 0 saturated heterocycles. The molecule has 18 heavy (non-hydrogen) atoms. The predicted octanol–water partition coefficient (Wildman–Crippen LogP) is 3.45. The molecule has 1 N–H and O–H groups in total. The van der Waals surface area contributed by atoms with Crippen LogP contribution in [-0.2, 0) is 5.60 Å². The van der Waals surface area contributed by atoms with Crippen LogP contribution in [0.15, 0.2) is 40.3 Å². The Labute approximate surface area is 109 Å². The fourth-order valence-corrected chi connectivity index (χ4v) is 2.97. The van der Waals surface area contributed by atoms with E-state index < -0.39 is 5.60 Å². The molecule has 3 aromatic rings.